The van der Waals surface area contributed by atoms with E-state index in [0.717, 1.165) is 5.56 Å². The highest BCUT2D eigenvalue weighted by Gasteiger charge is 2.15. The molecule has 0 bridgehead atoms. The summed E-state index contributed by atoms with van der Waals surface area (Å²) in [5.41, 5.74) is 1.87. The predicted molar refractivity (Wildman–Crippen MR) is 141 cm³/mol. The van der Waals surface area contributed by atoms with Gasteiger partial charge in [-0.05, 0) is 60.2 Å². The van der Waals surface area contributed by atoms with Gasteiger partial charge in [0, 0.05) is 25.8 Å². The number of amides is 1. The molecular weight excluding hydrogens is 571 g/mol. The van der Waals surface area contributed by atoms with Crippen molar-refractivity contribution < 1.29 is 23.8 Å². The topological polar surface area (TPSA) is 97.7 Å². The van der Waals surface area contributed by atoms with E-state index >= 15 is 0 Å². The van der Waals surface area contributed by atoms with Crippen LogP contribution in [0.2, 0.25) is 10.0 Å². The highest BCUT2D eigenvalue weighted by molar-refractivity contribution is 9.10. The van der Waals surface area contributed by atoms with Crippen LogP contribution in [-0.2, 0) is 16.1 Å². The molecule has 0 spiro atoms. The van der Waals surface area contributed by atoms with Crippen LogP contribution in [0.5, 0.6) is 11.5 Å². The fraction of sp³-hybridized carbons (Fsp3) is 0.115. The van der Waals surface area contributed by atoms with E-state index in [0.29, 0.717) is 42.8 Å². The minimum Gasteiger partial charge on any atom is -0.493 e. The summed E-state index contributed by atoms with van der Waals surface area (Å²) in [6.45, 7) is 0.175. The van der Waals surface area contributed by atoms with Crippen molar-refractivity contribution in [2.45, 2.75) is 6.61 Å². The molecule has 0 radical (unpaired) electrons. The zero-order valence-corrected chi connectivity index (χ0v) is 22.2. The van der Waals surface area contributed by atoms with Gasteiger partial charge in [-0.1, -0.05) is 45.2 Å². The van der Waals surface area contributed by atoms with Crippen LogP contribution in [0.15, 0.2) is 64.6 Å². The van der Waals surface area contributed by atoms with E-state index in [9.17, 15) is 14.9 Å². The smallest absolute Gasteiger partial charge is 0.337 e. The number of benzene rings is 3. The molecule has 1 N–H and O–H groups in total. The van der Waals surface area contributed by atoms with Crippen LogP contribution in [0.3, 0.4) is 0 Å². The van der Waals surface area contributed by atoms with Gasteiger partial charge in [-0.2, -0.15) is 5.26 Å². The molecule has 3 rings (SSSR count). The summed E-state index contributed by atoms with van der Waals surface area (Å²) in [4.78, 5) is 24.2. The molecule has 3 aromatic carbocycles. The molecule has 7 nitrogen and oxygen atoms in total. The third kappa shape index (κ3) is 6.79. The minimum atomic E-state index is -0.619. The quantitative estimate of drug-likeness (QED) is 0.179. The SMILES string of the molecule is COC(=O)c1ccc(NC(=O)/C(C#N)=C/c2cc(OC)c(OCc3ccc(Cl)cc3Cl)cc2Br)cc1. The van der Waals surface area contributed by atoms with E-state index < -0.39 is 11.9 Å². The van der Waals surface area contributed by atoms with E-state index in [-0.39, 0.29) is 12.2 Å². The van der Waals surface area contributed by atoms with Crippen molar-refractivity contribution in [2.24, 2.45) is 0 Å². The number of halogens is 3. The van der Waals surface area contributed by atoms with Gasteiger partial charge in [0.1, 0.15) is 18.2 Å². The Morgan fingerprint density at radius 2 is 1.78 bits per heavy atom. The molecule has 0 fully saturated rings. The molecule has 0 heterocycles. The number of esters is 1. The second-order valence-corrected chi connectivity index (χ2v) is 8.94. The minimum absolute atomic E-state index is 0.142. The Morgan fingerprint density at radius 1 is 1.06 bits per heavy atom. The molecule has 3 aromatic rings. The summed E-state index contributed by atoms with van der Waals surface area (Å²) in [7, 11) is 2.76. The Labute approximate surface area is 226 Å². The zero-order valence-electron chi connectivity index (χ0n) is 19.1. The van der Waals surface area contributed by atoms with Gasteiger partial charge in [0.25, 0.3) is 5.91 Å². The van der Waals surface area contributed by atoms with Crippen molar-refractivity contribution in [1.29, 1.82) is 5.26 Å². The molecular formula is C26H19BrCl2N2O5. The van der Waals surface area contributed by atoms with E-state index in [1.807, 2.05) is 6.07 Å². The number of ether oxygens (including phenoxy) is 3. The number of rotatable bonds is 8. The Hall–Kier alpha value is -3.51. The Bertz CT molecular complexity index is 1370. The van der Waals surface area contributed by atoms with Crippen molar-refractivity contribution in [3.8, 4) is 17.6 Å². The molecule has 184 valence electrons. The normalized spacial score (nSPS) is 10.8. The number of nitriles is 1. The van der Waals surface area contributed by atoms with Crippen LogP contribution in [0.1, 0.15) is 21.5 Å². The molecule has 36 heavy (non-hydrogen) atoms. The number of hydrogen-bond donors (Lipinski definition) is 1. The maximum Gasteiger partial charge on any atom is 0.337 e. The molecule has 0 saturated heterocycles. The van der Waals surface area contributed by atoms with Gasteiger partial charge >= 0.3 is 5.97 Å². The lowest BCUT2D eigenvalue weighted by molar-refractivity contribution is -0.112. The number of nitrogens with one attached hydrogen (secondary N) is 1. The molecule has 0 aliphatic rings. The van der Waals surface area contributed by atoms with E-state index in [1.165, 1.54) is 44.6 Å². The van der Waals surface area contributed by atoms with Gasteiger partial charge in [0.05, 0.1) is 19.8 Å². The highest BCUT2D eigenvalue weighted by atomic mass is 79.9. The fourth-order valence-corrected chi connectivity index (χ4v) is 3.94. The monoisotopic (exact) mass is 588 g/mol. The Balaban J connectivity index is 1.79. The summed E-state index contributed by atoms with van der Waals surface area (Å²) in [5, 5.41) is 13.2. The zero-order chi connectivity index (χ0) is 26.2. The lowest BCUT2D eigenvalue weighted by atomic mass is 10.1. The standard InChI is InChI=1S/C26H19BrCl2N2O5/c1-34-23-10-17(21(27)12-24(23)36-14-16-3-6-19(28)11-22(16)29)9-18(13-30)25(32)31-20-7-4-15(5-8-20)26(33)35-2/h3-12H,14H2,1-2H3,(H,31,32)/b18-9+. The molecule has 0 aliphatic heterocycles. The van der Waals surface area contributed by atoms with Gasteiger partial charge in [-0.15, -0.1) is 0 Å². The van der Waals surface area contributed by atoms with E-state index in [2.05, 4.69) is 26.0 Å². The van der Waals surface area contributed by atoms with Crippen molar-refractivity contribution >= 4 is 62.8 Å². The van der Waals surface area contributed by atoms with Crippen LogP contribution in [0, 0.1) is 11.3 Å². The largest absolute Gasteiger partial charge is 0.493 e. The first kappa shape index (κ1) is 27.1. The molecule has 0 aromatic heterocycles. The van der Waals surface area contributed by atoms with Gasteiger partial charge < -0.3 is 19.5 Å². The summed E-state index contributed by atoms with van der Waals surface area (Å²) in [6.07, 6.45) is 1.42. The van der Waals surface area contributed by atoms with Crippen LogP contribution in [0.25, 0.3) is 6.08 Å². The first-order valence-electron chi connectivity index (χ1n) is 10.3. The first-order chi connectivity index (χ1) is 17.2. The maximum atomic E-state index is 12.7. The lowest BCUT2D eigenvalue weighted by Crippen LogP contribution is -2.13. The van der Waals surface area contributed by atoms with Crippen molar-refractivity contribution in [2.75, 3.05) is 19.5 Å². The van der Waals surface area contributed by atoms with Crippen LogP contribution < -0.4 is 14.8 Å². The van der Waals surface area contributed by atoms with Crippen molar-refractivity contribution in [1.82, 2.24) is 0 Å². The van der Waals surface area contributed by atoms with Crippen LogP contribution in [-0.4, -0.2) is 26.1 Å². The van der Waals surface area contributed by atoms with Crippen LogP contribution >= 0.6 is 39.1 Å². The van der Waals surface area contributed by atoms with Gasteiger partial charge in [0.15, 0.2) is 11.5 Å². The summed E-state index contributed by atoms with van der Waals surface area (Å²) in [6, 6.07) is 16.4. The number of nitrogens with zero attached hydrogens (tertiary/aromatic N) is 1. The number of carbonyl (C=O) groups excluding carboxylic acids is 2. The average molecular weight is 590 g/mol. The number of hydrogen-bond acceptors (Lipinski definition) is 6. The summed E-state index contributed by atoms with van der Waals surface area (Å²) < 4.78 is 16.5. The van der Waals surface area contributed by atoms with Gasteiger partial charge in [-0.3, -0.25) is 4.79 Å². The van der Waals surface area contributed by atoms with Crippen molar-refractivity contribution in [3.05, 3.63) is 91.4 Å². The van der Waals surface area contributed by atoms with Gasteiger partial charge in [0.2, 0.25) is 0 Å². The molecule has 0 aliphatic carbocycles. The highest BCUT2D eigenvalue weighted by Crippen LogP contribution is 2.35. The molecule has 1 amide bonds. The average Bonchev–Trinajstić information content (AvgIpc) is 2.87. The Kier molecular flexibility index (Phi) is 9.37. The van der Waals surface area contributed by atoms with Gasteiger partial charge in [-0.25, -0.2) is 4.79 Å². The molecule has 0 unspecified atom stereocenters. The van der Waals surface area contributed by atoms with E-state index in [1.54, 1.807) is 30.3 Å². The third-order valence-electron chi connectivity index (χ3n) is 4.91. The summed E-state index contributed by atoms with van der Waals surface area (Å²) in [5.74, 6) is -0.285. The molecule has 0 saturated carbocycles. The van der Waals surface area contributed by atoms with Crippen LogP contribution in [0.4, 0.5) is 5.69 Å². The summed E-state index contributed by atoms with van der Waals surface area (Å²) >= 11 is 15.6. The third-order valence-corrected chi connectivity index (χ3v) is 6.18. The molecule has 10 heteroatoms. The first-order valence-corrected chi connectivity index (χ1v) is 11.9. The predicted octanol–water partition coefficient (Wildman–Crippen LogP) is 6.68. The number of methoxy groups -OCH3 is 2. The molecule has 0 atom stereocenters. The second-order valence-electron chi connectivity index (χ2n) is 7.24. The lowest BCUT2D eigenvalue weighted by Gasteiger charge is -2.14. The number of carbonyl (C=O) groups is 2. The van der Waals surface area contributed by atoms with Crippen molar-refractivity contribution in [3.63, 3.8) is 0 Å². The maximum absolute atomic E-state index is 12.7. The fourth-order valence-electron chi connectivity index (χ4n) is 3.04. The number of anilines is 1. The second kappa shape index (κ2) is 12.5. The van der Waals surface area contributed by atoms with E-state index in [4.69, 9.17) is 32.7 Å². The Morgan fingerprint density at radius 3 is 2.39 bits per heavy atom.